The smallest absolute Gasteiger partial charge is 0.254 e. The van der Waals surface area contributed by atoms with Gasteiger partial charge in [0, 0.05) is 41.3 Å². The molecule has 1 fully saturated rings. The Morgan fingerprint density at radius 3 is 2.24 bits per heavy atom. The molecule has 1 heterocycles. The average Bonchev–Trinajstić information content (AvgIpc) is 2.75. The van der Waals surface area contributed by atoms with Crippen LogP contribution < -0.4 is 14.8 Å². The first kappa shape index (κ1) is 21.0. The maximum absolute atomic E-state index is 12.9. The van der Waals surface area contributed by atoms with E-state index in [1.165, 1.54) is 0 Å². The summed E-state index contributed by atoms with van der Waals surface area (Å²) in [5.41, 5.74) is 2.20. The number of piperidine rings is 1. The van der Waals surface area contributed by atoms with Crippen LogP contribution in [0.15, 0.2) is 36.4 Å². The molecule has 1 aliphatic rings. The number of rotatable bonds is 5. The van der Waals surface area contributed by atoms with E-state index < -0.39 is 0 Å². The van der Waals surface area contributed by atoms with E-state index in [9.17, 15) is 9.59 Å². The lowest BCUT2D eigenvalue weighted by molar-refractivity contribution is -0.121. The number of nitrogens with zero attached hydrogens (tertiary/aromatic N) is 1. The molecule has 1 saturated heterocycles. The van der Waals surface area contributed by atoms with Crippen molar-refractivity contribution in [2.45, 2.75) is 19.8 Å². The number of amides is 2. The van der Waals surface area contributed by atoms with Crippen molar-refractivity contribution in [2.24, 2.45) is 5.92 Å². The highest BCUT2D eigenvalue weighted by atomic mass is 35.5. The molecule has 0 radical (unpaired) electrons. The van der Waals surface area contributed by atoms with E-state index in [1.54, 1.807) is 49.5 Å². The van der Waals surface area contributed by atoms with Crippen molar-refractivity contribution in [1.29, 1.82) is 0 Å². The number of anilines is 1. The molecular weight excluding hydrogens is 392 g/mol. The Hall–Kier alpha value is -2.73. The van der Waals surface area contributed by atoms with E-state index >= 15 is 0 Å². The molecule has 0 saturated carbocycles. The topological polar surface area (TPSA) is 67.9 Å². The van der Waals surface area contributed by atoms with Crippen molar-refractivity contribution in [3.8, 4) is 11.5 Å². The summed E-state index contributed by atoms with van der Waals surface area (Å²) in [6, 6.07) is 10.6. The van der Waals surface area contributed by atoms with Gasteiger partial charge in [-0.1, -0.05) is 17.7 Å². The van der Waals surface area contributed by atoms with Crippen LogP contribution >= 0.6 is 11.6 Å². The first-order chi connectivity index (χ1) is 13.9. The number of likely N-dealkylation sites (tertiary alicyclic amines) is 1. The van der Waals surface area contributed by atoms with E-state index in [0.717, 1.165) is 11.3 Å². The van der Waals surface area contributed by atoms with Crippen LogP contribution in [0.5, 0.6) is 11.5 Å². The van der Waals surface area contributed by atoms with Gasteiger partial charge in [-0.2, -0.15) is 0 Å². The van der Waals surface area contributed by atoms with Crippen molar-refractivity contribution in [1.82, 2.24) is 4.90 Å². The Morgan fingerprint density at radius 1 is 1.03 bits per heavy atom. The van der Waals surface area contributed by atoms with Gasteiger partial charge in [-0.15, -0.1) is 0 Å². The third-order valence-corrected chi connectivity index (χ3v) is 5.44. The fourth-order valence-electron chi connectivity index (χ4n) is 3.42. The van der Waals surface area contributed by atoms with Gasteiger partial charge in [0.25, 0.3) is 5.91 Å². The Bertz CT molecular complexity index is 885. The summed E-state index contributed by atoms with van der Waals surface area (Å²) < 4.78 is 10.5. The summed E-state index contributed by atoms with van der Waals surface area (Å²) >= 11 is 6.03. The molecular formula is C22H25ClN2O4. The van der Waals surface area contributed by atoms with Gasteiger partial charge in [-0.25, -0.2) is 0 Å². The number of hydrogen-bond donors (Lipinski definition) is 1. The molecule has 0 atom stereocenters. The summed E-state index contributed by atoms with van der Waals surface area (Å²) in [7, 11) is 3.10. The monoisotopic (exact) mass is 416 g/mol. The van der Waals surface area contributed by atoms with E-state index in [-0.39, 0.29) is 17.7 Å². The van der Waals surface area contributed by atoms with Gasteiger partial charge < -0.3 is 19.7 Å². The highest BCUT2D eigenvalue weighted by Crippen LogP contribution is 2.27. The van der Waals surface area contributed by atoms with Gasteiger partial charge in [0.1, 0.15) is 11.5 Å². The average molecular weight is 417 g/mol. The maximum Gasteiger partial charge on any atom is 0.254 e. The van der Waals surface area contributed by atoms with Crippen molar-refractivity contribution >= 4 is 29.1 Å². The van der Waals surface area contributed by atoms with E-state index in [1.807, 2.05) is 13.0 Å². The van der Waals surface area contributed by atoms with E-state index in [2.05, 4.69) is 5.32 Å². The fraction of sp³-hybridized carbons (Fsp3) is 0.364. The molecule has 154 valence electrons. The quantitative estimate of drug-likeness (QED) is 0.794. The number of carbonyl (C=O) groups is 2. The van der Waals surface area contributed by atoms with Crippen molar-refractivity contribution in [3.05, 3.63) is 52.5 Å². The van der Waals surface area contributed by atoms with Gasteiger partial charge in [0.15, 0.2) is 0 Å². The molecule has 29 heavy (non-hydrogen) atoms. The molecule has 0 unspecified atom stereocenters. The lowest BCUT2D eigenvalue weighted by Gasteiger charge is -2.31. The van der Waals surface area contributed by atoms with Crippen LogP contribution in [-0.2, 0) is 4.79 Å². The van der Waals surface area contributed by atoms with Crippen molar-refractivity contribution < 1.29 is 19.1 Å². The molecule has 2 aromatic carbocycles. The summed E-state index contributed by atoms with van der Waals surface area (Å²) in [5.74, 6) is 0.868. The third kappa shape index (κ3) is 5.01. The van der Waals surface area contributed by atoms with Crippen LogP contribution in [0.2, 0.25) is 5.02 Å². The molecule has 0 aromatic heterocycles. The lowest BCUT2D eigenvalue weighted by Crippen LogP contribution is -2.41. The number of carbonyl (C=O) groups excluding carboxylic acids is 2. The van der Waals surface area contributed by atoms with Gasteiger partial charge >= 0.3 is 0 Å². The third-order valence-electron chi connectivity index (χ3n) is 5.21. The number of methoxy groups -OCH3 is 2. The zero-order chi connectivity index (χ0) is 21.0. The van der Waals surface area contributed by atoms with Gasteiger partial charge in [-0.3, -0.25) is 9.59 Å². The first-order valence-electron chi connectivity index (χ1n) is 9.50. The number of halogens is 1. The number of benzene rings is 2. The zero-order valence-electron chi connectivity index (χ0n) is 16.8. The van der Waals surface area contributed by atoms with Crippen LogP contribution in [0, 0.1) is 12.8 Å². The molecule has 0 aliphatic carbocycles. The van der Waals surface area contributed by atoms with Crippen LogP contribution in [0.4, 0.5) is 5.69 Å². The molecule has 1 aliphatic heterocycles. The largest absolute Gasteiger partial charge is 0.497 e. The Morgan fingerprint density at radius 2 is 1.66 bits per heavy atom. The molecule has 0 spiro atoms. The number of nitrogens with one attached hydrogen (secondary N) is 1. The second-order valence-corrected chi connectivity index (χ2v) is 7.55. The Labute approximate surface area is 175 Å². The lowest BCUT2D eigenvalue weighted by atomic mass is 9.95. The van der Waals surface area contributed by atoms with Gasteiger partial charge in [-0.05, 0) is 49.6 Å². The molecule has 2 amide bonds. The van der Waals surface area contributed by atoms with Crippen LogP contribution in [0.3, 0.4) is 0 Å². The highest BCUT2D eigenvalue weighted by molar-refractivity contribution is 6.31. The predicted octanol–water partition coefficient (Wildman–Crippen LogP) is 4.16. The molecule has 0 bridgehead atoms. The minimum atomic E-state index is -0.141. The van der Waals surface area contributed by atoms with Gasteiger partial charge in [0.05, 0.1) is 14.2 Å². The SMILES string of the molecule is COc1cc(OC)cc(C(=O)N2CCC(C(=O)Nc3cc(Cl)ccc3C)CC2)c1. The summed E-state index contributed by atoms with van der Waals surface area (Å²) in [6.07, 6.45) is 1.22. The summed E-state index contributed by atoms with van der Waals surface area (Å²) in [6.45, 7) is 2.96. The molecule has 6 nitrogen and oxygen atoms in total. The second-order valence-electron chi connectivity index (χ2n) is 7.12. The number of hydrogen-bond acceptors (Lipinski definition) is 4. The van der Waals surface area contributed by atoms with Crippen molar-refractivity contribution in [2.75, 3.05) is 32.6 Å². The maximum atomic E-state index is 12.9. The summed E-state index contributed by atoms with van der Waals surface area (Å²) in [5, 5.41) is 3.55. The predicted molar refractivity (Wildman–Crippen MR) is 113 cm³/mol. The first-order valence-corrected chi connectivity index (χ1v) is 9.88. The Balaban J connectivity index is 1.62. The standard InChI is InChI=1S/C22H25ClN2O4/c1-14-4-5-17(23)12-20(14)24-21(26)15-6-8-25(9-7-15)22(27)16-10-18(28-2)13-19(11-16)29-3/h4-5,10-13,15H,6-9H2,1-3H3,(H,24,26). The van der Waals surface area contributed by atoms with E-state index in [0.29, 0.717) is 48.0 Å². The van der Waals surface area contributed by atoms with Crippen molar-refractivity contribution in [3.63, 3.8) is 0 Å². The minimum Gasteiger partial charge on any atom is -0.497 e. The normalized spacial score (nSPS) is 14.4. The molecule has 1 N–H and O–H groups in total. The zero-order valence-corrected chi connectivity index (χ0v) is 17.6. The van der Waals surface area contributed by atoms with Crippen LogP contribution in [-0.4, -0.2) is 44.0 Å². The van der Waals surface area contributed by atoms with E-state index in [4.69, 9.17) is 21.1 Å². The number of aryl methyl sites for hydroxylation is 1. The molecule has 3 rings (SSSR count). The summed E-state index contributed by atoms with van der Waals surface area (Å²) in [4.78, 5) is 27.3. The fourth-order valence-corrected chi connectivity index (χ4v) is 3.59. The second kappa shape index (κ2) is 9.18. The highest BCUT2D eigenvalue weighted by Gasteiger charge is 2.28. The number of ether oxygens (including phenoxy) is 2. The Kier molecular flexibility index (Phi) is 6.64. The molecule has 7 heteroatoms. The molecule has 2 aromatic rings. The van der Waals surface area contributed by atoms with Crippen LogP contribution in [0.25, 0.3) is 0 Å². The minimum absolute atomic E-state index is 0.0366. The van der Waals surface area contributed by atoms with Crippen LogP contribution in [0.1, 0.15) is 28.8 Å². The van der Waals surface area contributed by atoms with Gasteiger partial charge in [0.2, 0.25) is 5.91 Å².